The first-order valence-electron chi connectivity index (χ1n) is 7.47. The van der Waals surface area contributed by atoms with Gasteiger partial charge in [0, 0.05) is 44.5 Å². The lowest BCUT2D eigenvalue weighted by Gasteiger charge is -2.16. The number of hydrogen-bond donors (Lipinski definition) is 2. The summed E-state index contributed by atoms with van der Waals surface area (Å²) in [5.74, 6) is 0. The largest absolute Gasteiger partial charge is 0.378 e. The molecule has 0 aromatic heterocycles. The van der Waals surface area contributed by atoms with Crippen LogP contribution in [0.1, 0.15) is 11.6 Å². The molecule has 9 heteroatoms. The van der Waals surface area contributed by atoms with Crippen LogP contribution in [0.5, 0.6) is 0 Å². The van der Waals surface area contributed by atoms with Gasteiger partial charge in [-0.1, -0.05) is 12.1 Å². The Kier molecular flexibility index (Phi) is 5.73. The molecule has 1 unspecified atom stereocenters. The van der Waals surface area contributed by atoms with Crippen molar-refractivity contribution in [2.75, 3.05) is 25.5 Å². The van der Waals surface area contributed by atoms with Crippen molar-refractivity contribution in [1.29, 1.82) is 0 Å². The first-order valence-corrected chi connectivity index (χ1v) is 8.96. The van der Waals surface area contributed by atoms with Crippen molar-refractivity contribution in [3.8, 4) is 0 Å². The van der Waals surface area contributed by atoms with E-state index in [-0.39, 0.29) is 17.1 Å². The average Bonchev–Trinajstić information content (AvgIpc) is 2.60. The highest BCUT2D eigenvalue weighted by Gasteiger charge is 2.17. The molecular formula is C16H20N4O4S. The third-order valence-corrected chi connectivity index (χ3v) is 5.13. The van der Waals surface area contributed by atoms with Crippen LogP contribution in [0, 0.1) is 10.1 Å². The summed E-state index contributed by atoms with van der Waals surface area (Å²) >= 11 is 0. The monoisotopic (exact) mass is 364 g/mol. The van der Waals surface area contributed by atoms with Gasteiger partial charge in [-0.2, -0.15) is 0 Å². The zero-order valence-electron chi connectivity index (χ0n) is 13.9. The molecule has 2 rings (SSSR count). The third kappa shape index (κ3) is 4.75. The maximum atomic E-state index is 12.2. The second-order valence-electron chi connectivity index (χ2n) is 5.70. The van der Waals surface area contributed by atoms with Crippen LogP contribution < -0.4 is 15.4 Å². The summed E-state index contributed by atoms with van der Waals surface area (Å²) in [5, 5.41) is 10.6. The number of anilines is 1. The predicted octanol–water partition coefficient (Wildman–Crippen LogP) is 1.64. The minimum atomic E-state index is -3.79. The van der Waals surface area contributed by atoms with Gasteiger partial charge in [-0.05, 0) is 29.8 Å². The number of nitrogens with one attached hydrogen (secondary N) is 1. The van der Waals surface area contributed by atoms with E-state index in [1.54, 1.807) is 0 Å². The van der Waals surface area contributed by atoms with Gasteiger partial charge in [-0.3, -0.25) is 10.1 Å². The number of benzene rings is 2. The summed E-state index contributed by atoms with van der Waals surface area (Å²) in [5.41, 5.74) is 7.69. The van der Waals surface area contributed by atoms with Crippen LogP contribution in [0.3, 0.4) is 0 Å². The van der Waals surface area contributed by atoms with Gasteiger partial charge < -0.3 is 10.6 Å². The fourth-order valence-electron chi connectivity index (χ4n) is 2.17. The number of nitro groups is 1. The maximum absolute atomic E-state index is 12.2. The molecule has 3 N–H and O–H groups in total. The molecule has 0 aliphatic rings. The van der Waals surface area contributed by atoms with E-state index in [1.165, 1.54) is 12.1 Å². The van der Waals surface area contributed by atoms with Crippen molar-refractivity contribution in [1.82, 2.24) is 4.72 Å². The van der Waals surface area contributed by atoms with Gasteiger partial charge in [0.1, 0.15) is 0 Å². The Hall–Kier alpha value is -2.49. The Balaban J connectivity index is 2.04. The van der Waals surface area contributed by atoms with Gasteiger partial charge >= 0.3 is 0 Å². The van der Waals surface area contributed by atoms with E-state index < -0.39 is 21.0 Å². The van der Waals surface area contributed by atoms with Crippen molar-refractivity contribution in [2.24, 2.45) is 5.73 Å². The van der Waals surface area contributed by atoms with Crippen LogP contribution in [-0.4, -0.2) is 34.0 Å². The smallest absolute Gasteiger partial charge is 0.269 e. The molecular weight excluding hydrogens is 344 g/mol. The molecule has 1 atom stereocenters. The van der Waals surface area contributed by atoms with Crippen LogP contribution >= 0.6 is 0 Å². The van der Waals surface area contributed by atoms with Crippen molar-refractivity contribution >= 4 is 21.4 Å². The van der Waals surface area contributed by atoms with Crippen molar-refractivity contribution in [3.05, 3.63) is 64.2 Å². The summed E-state index contributed by atoms with van der Waals surface area (Å²) in [7, 11) is 0.0595. The molecule has 2 aromatic rings. The number of nitrogens with zero attached hydrogens (tertiary/aromatic N) is 2. The molecule has 8 nitrogen and oxygen atoms in total. The molecule has 0 aliphatic heterocycles. The van der Waals surface area contributed by atoms with Crippen molar-refractivity contribution in [2.45, 2.75) is 10.9 Å². The first-order chi connectivity index (χ1) is 11.7. The second-order valence-corrected chi connectivity index (χ2v) is 7.46. The van der Waals surface area contributed by atoms with Gasteiger partial charge in [-0.15, -0.1) is 0 Å². The SMILES string of the molecule is CN(C)c1ccc(C(N)CNS(=O)(=O)c2ccc([N+](=O)[O-])cc2)cc1. The highest BCUT2D eigenvalue weighted by molar-refractivity contribution is 7.89. The highest BCUT2D eigenvalue weighted by Crippen LogP contribution is 2.18. The molecule has 2 aromatic carbocycles. The van der Waals surface area contributed by atoms with Crippen LogP contribution in [0.2, 0.25) is 0 Å². The molecule has 0 aliphatic carbocycles. The second kappa shape index (κ2) is 7.60. The van der Waals surface area contributed by atoms with Crippen molar-refractivity contribution in [3.63, 3.8) is 0 Å². The summed E-state index contributed by atoms with van der Waals surface area (Å²) in [4.78, 5) is 11.9. The molecule has 0 spiro atoms. The minimum absolute atomic E-state index is 0.0145. The van der Waals surface area contributed by atoms with E-state index in [1.807, 2.05) is 43.3 Å². The number of non-ortho nitro benzene ring substituents is 1. The first kappa shape index (κ1) is 18.8. The molecule has 0 saturated heterocycles. The quantitative estimate of drug-likeness (QED) is 0.569. The number of nitrogens with two attached hydrogens (primary N) is 1. The Bertz CT molecular complexity index is 833. The number of hydrogen-bond acceptors (Lipinski definition) is 6. The van der Waals surface area contributed by atoms with Crippen LogP contribution in [0.4, 0.5) is 11.4 Å². The Morgan fingerprint density at radius 3 is 2.16 bits per heavy atom. The molecule has 0 saturated carbocycles. The van der Waals surface area contributed by atoms with E-state index in [0.29, 0.717) is 0 Å². The normalized spacial score (nSPS) is 12.6. The van der Waals surface area contributed by atoms with Crippen LogP contribution in [0.25, 0.3) is 0 Å². The summed E-state index contributed by atoms with van der Waals surface area (Å²) < 4.78 is 26.9. The van der Waals surface area contributed by atoms with Crippen LogP contribution in [-0.2, 0) is 10.0 Å². The maximum Gasteiger partial charge on any atom is 0.269 e. The fourth-order valence-corrected chi connectivity index (χ4v) is 3.23. The minimum Gasteiger partial charge on any atom is -0.378 e. The molecule has 25 heavy (non-hydrogen) atoms. The molecule has 0 amide bonds. The number of rotatable bonds is 7. The lowest BCUT2D eigenvalue weighted by molar-refractivity contribution is -0.384. The summed E-state index contributed by atoms with van der Waals surface area (Å²) in [6.45, 7) is 0.0145. The predicted molar refractivity (Wildman–Crippen MR) is 96.0 cm³/mol. The third-order valence-electron chi connectivity index (χ3n) is 3.69. The highest BCUT2D eigenvalue weighted by atomic mass is 32.2. The number of nitro benzene ring substituents is 1. The zero-order chi connectivity index (χ0) is 18.6. The molecule has 134 valence electrons. The fraction of sp³-hybridized carbons (Fsp3) is 0.250. The van der Waals surface area contributed by atoms with Crippen molar-refractivity contribution < 1.29 is 13.3 Å². The van der Waals surface area contributed by atoms with Gasteiger partial charge in [0.05, 0.1) is 9.82 Å². The molecule has 0 bridgehead atoms. The van der Waals surface area contributed by atoms with E-state index >= 15 is 0 Å². The van der Waals surface area contributed by atoms with Crippen LogP contribution in [0.15, 0.2) is 53.4 Å². The van der Waals surface area contributed by atoms with Gasteiger partial charge in [-0.25, -0.2) is 13.1 Å². The molecule has 0 heterocycles. The zero-order valence-corrected chi connectivity index (χ0v) is 14.7. The Morgan fingerprint density at radius 1 is 1.12 bits per heavy atom. The lowest BCUT2D eigenvalue weighted by atomic mass is 10.1. The van der Waals surface area contributed by atoms with E-state index in [4.69, 9.17) is 5.73 Å². The average molecular weight is 364 g/mol. The lowest BCUT2D eigenvalue weighted by Crippen LogP contribution is -2.32. The summed E-state index contributed by atoms with van der Waals surface area (Å²) in [6.07, 6.45) is 0. The Labute approximate surface area is 146 Å². The summed E-state index contributed by atoms with van der Waals surface area (Å²) in [6, 6.07) is 11.7. The Morgan fingerprint density at radius 2 is 1.68 bits per heavy atom. The topological polar surface area (TPSA) is 119 Å². The van der Waals surface area contributed by atoms with Gasteiger partial charge in [0.15, 0.2) is 0 Å². The molecule has 0 radical (unpaired) electrons. The standard InChI is InChI=1S/C16H20N4O4S/c1-19(2)13-5-3-12(4-6-13)16(17)11-18-25(23,24)15-9-7-14(8-10-15)20(21)22/h3-10,16,18H,11,17H2,1-2H3. The van der Waals surface area contributed by atoms with Gasteiger partial charge in [0.25, 0.3) is 5.69 Å². The van der Waals surface area contributed by atoms with E-state index in [2.05, 4.69) is 4.72 Å². The number of sulfonamides is 1. The van der Waals surface area contributed by atoms with Gasteiger partial charge in [0.2, 0.25) is 10.0 Å². The van der Waals surface area contributed by atoms with E-state index in [0.717, 1.165) is 23.4 Å². The van der Waals surface area contributed by atoms with E-state index in [9.17, 15) is 18.5 Å². The molecule has 0 fully saturated rings.